The van der Waals surface area contributed by atoms with Gasteiger partial charge in [-0.3, -0.25) is 0 Å². The standard InChI is InChI=1S/C50H38N2/c1-49(2)42-16-9-15-40-41-29-36(30-45-47(41)52(46(40)42)48-43(49)17-10-18-44(48)50(45,3)4)33-19-23-37(24-20-33)51(38-25-21-31-11-5-7-13-34(31)27-38)39-26-22-32-12-6-8-14-35(32)28-39/h5-30H,1-4H3. The quantitative estimate of drug-likeness (QED) is 0.181. The first-order valence-corrected chi connectivity index (χ1v) is 18.4. The van der Waals surface area contributed by atoms with E-state index in [1.54, 1.807) is 0 Å². The van der Waals surface area contributed by atoms with E-state index in [1.807, 2.05) is 0 Å². The summed E-state index contributed by atoms with van der Waals surface area (Å²) in [7, 11) is 0. The molecule has 0 spiro atoms. The Kier molecular flexibility index (Phi) is 5.83. The molecule has 1 aromatic heterocycles. The first kappa shape index (κ1) is 29.6. The van der Waals surface area contributed by atoms with Crippen LogP contribution < -0.4 is 4.90 Å². The monoisotopic (exact) mass is 666 g/mol. The number of anilines is 3. The van der Waals surface area contributed by atoms with E-state index in [2.05, 4.69) is 195 Å². The van der Waals surface area contributed by atoms with E-state index >= 15 is 0 Å². The van der Waals surface area contributed by atoms with E-state index in [4.69, 9.17) is 0 Å². The molecule has 2 nitrogen and oxygen atoms in total. The lowest BCUT2D eigenvalue weighted by Gasteiger charge is -2.42. The Morgan fingerprint density at radius 3 is 1.54 bits per heavy atom. The van der Waals surface area contributed by atoms with Gasteiger partial charge in [0.15, 0.2) is 0 Å². The fourth-order valence-corrected chi connectivity index (χ4v) is 9.53. The van der Waals surface area contributed by atoms with Crippen molar-refractivity contribution in [3.8, 4) is 16.8 Å². The molecule has 0 amide bonds. The van der Waals surface area contributed by atoms with Gasteiger partial charge in [-0.25, -0.2) is 0 Å². The summed E-state index contributed by atoms with van der Waals surface area (Å²) in [5, 5.41) is 7.64. The van der Waals surface area contributed by atoms with Crippen LogP contribution in [0.5, 0.6) is 0 Å². The van der Waals surface area contributed by atoms with Crippen LogP contribution in [0.4, 0.5) is 17.1 Å². The van der Waals surface area contributed by atoms with Gasteiger partial charge in [0.2, 0.25) is 0 Å². The van der Waals surface area contributed by atoms with Crippen molar-refractivity contribution >= 4 is 60.4 Å². The third-order valence-corrected chi connectivity index (χ3v) is 12.3. The lowest BCUT2D eigenvalue weighted by molar-refractivity contribution is 0.594. The van der Waals surface area contributed by atoms with Gasteiger partial charge in [-0.1, -0.05) is 137 Å². The van der Waals surface area contributed by atoms with Crippen LogP contribution in [0.2, 0.25) is 0 Å². The molecular weight excluding hydrogens is 629 g/mol. The number of hydrogen-bond donors (Lipinski definition) is 0. The van der Waals surface area contributed by atoms with Gasteiger partial charge in [0.1, 0.15) is 0 Å². The Hall–Kier alpha value is -6.12. The second kappa shape index (κ2) is 10.2. The largest absolute Gasteiger partial charge is 0.310 e. The lowest BCUT2D eigenvalue weighted by Crippen LogP contribution is -2.33. The molecule has 52 heavy (non-hydrogen) atoms. The summed E-state index contributed by atoms with van der Waals surface area (Å²) >= 11 is 0. The predicted octanol–water partition coefficient (Wildman–Crippen LogP) is 13.5. The summed E-state index contributed by atoms with van der Waals surface area (Å²) in [5.74, 6) is 0. The Morgan fingerprint density at radius 1 is 0.385 bits per heavy atom. The van der Waals surface area contributed by atoms with Crippen LogP contribution in [0, 0.1) is 0 Å². The number of fused-ring (bicyclic) bond motifs is 3. The fraction of sp³-hybridized carbons (Fsp3) is 0.120. The SMILES string of the molecule is CC1(C)c2cccc3c2-n2c4c1cccc4c1cc(-c4ccc(N(c5ccc6ccccc6c5)c5ccc6ccccc6c5)cc4)cc(c12)C3(C)C. The molecule has 248 valence electrons. The van der Waals surface area contributed by atoms with Crippen molar-refractivity contribution in [3.63, 3.8) is 0 Å². The van der Waals surface area contributed by atoms with E-state index < -0.39 is 0 Å². The fourth-order valence-electron chi connectivity index (χ4n) is 9.53. The van der Waals surface area contributed by atoms with Gasteiger partial charge < -0.3 is 9.47 Å². The number of para-hydroxylation sites is 2. The minimum absolute atomic E-state index is 0.0799. The third-order valence-electron chi connectivity index (χ3n) is 12.3. The lowest BCUT2D eigenvalue weighted by atomic mass is 9.68. The average Bonchev–Trinajstić information content (AvgIpc) is 3.51. The molecule has 0 saturated heterocycles. The highest BCUT2D eigenvalue weighted by Crippen LogP contribution is 2.55. The van der Waals surface area contributed by atoms with Gasteiger partial charge in [-0.15, -0.1) is 0 Å². The van der Waals surface area contributed by atoms with Crippen LogP contribution in [0.3, 0.4) is 0 Å². The molecule has 2 aliphatic heterocycles. The maximum Gasteiger partial charge on any atom is 0.0582 e. The molecule has 0 saturated carbocycles. The minimum atomic E-state index is -0.152. The summed E-state index contributed by atoms with van der Waals surface area (Å²) in [4.78, 5) is 2.39. The average molecular weight is 667 g/mol. The Balaban J connectivity index is 1.10. The van der Waals surface area contributed by atoms with Crippen LogP contribution in [0.15, 0.2) is 158 Å². The summed E-state index contributed by atoms with van der Waals surface area (Å²) in [5.41, 5.74) is 15.4. The molecule has 0 N–H and O–H groups in total. The van der Waals surface area contributed by atoms with Crippen LogP contribution in [-0.4, -0.2) is 4.57 Å². The third kappa shape index (κ3) is 3.90. The van der Waals surface area contributed by atoms with Crippen LogP contribution in [0.1, 0.15) is 49.9 Å². The van der Waals surface area contributed by atoms with Crippen molar-refractivity contribution in [3.05, 3.63) is 180 Å². The maximum atomic E-state index is 2.61. The van der Waals surface area contributed by atoms with Crippen LogP contribution in [0.25, 0.3) is 60.2 Å². The number of aromatic nitrogens is 1. The number of hydrogen-bond acceptors (Lipinski definition) is 1. The van der Waals surface area contributed by atoms with E-state index in [9.17, 15) is 0 Å². The Labute approximate surface area is 304 Å². The summed E-state index contributed by atoms with van der Waals surface area (Å²) in [6, 6.07) is 58.8. The normalized spacial score (nSPS) is 14.8. The topological polar surface area (TPSA) is 8.17 Å². The molecule has 8 aromatic carbocycles. The number of benzene rings is 8. The van der Waals surface area contributed by atoms with Gasteiger partial charge in [0.05, 0.1) is 16.7 Å². The highest BCUT2D eigenvalue weighted by Gasteiger charge is 2.43. The van der Waals surface area contributed by atoms with Gasteiger partial charge in [0.25, 0.3) is 0 Å². The predicted molar refractivity (Wildman–Crippen MR) is 220 cm³/mol. The minimum Gasteiger partial charge on any atom is -0.310 e. The first-order valence-electron chi connectivity index (χ1n) is 18.4. The van der Waals surface area contributed by atoms with E-state index in [0.29, 0.717) is 0 Å². The Morgan fingerprint density at radius 2 is 0.904 bits per heavy atom. The number of nitrogens with zero attached hydrogens (tertiary/aromatic N) is 2. The molecule has 0 aliphatic carbocycles. The van der Waals surface area contributed by atoms with Crippen molar-refractivity contribution in [1.82, 2.24) is 4.57 Å². The highest BCUT2D eigenvalue weighted by molar-refractivity contribution is 6.15. The summed E-state index contributed by atoms with van der Waals surface area (Å²) in [6.45, 7) is 9.62. The Bertz CT molecular complexity index is 2880. The highest BCUT2D eigenvalue weighted by atomic mass is 15.1. The van der Waals surface area contributed by atoms with Crippen molar-refractivity contribution < 1.29 is 0 Å². The molecule has 2 aliphatic rings. The smallest absolute Gasteiger partial charge is 0.0582 e. The molecule has 0 atom stereocenters. The van der Waals surface area contributed by atoms with Crippen molar-refractivity contribution in [2.24, 2.45) is 0 Å². The van der Waals surface area contributed by atoms with Crippen molar-refractivity contribution in [2.75, 3.05) is 4.90 Å². The second-order valence-corrected chi connectivity index (χ2v) is 15.9. The van der Waals surface area contributed by atoms with E-state index in [-0.39, 0.29) is 10.8 Å². The zero-order chi connectivity index (χ0) is 34.9. The number of rotatable bonds is 4. The molecule has 2 heteroatoms. The van der Waals surface area contributed by atoms with Gasteiger partial charge in [-0.2, -0.15) is 0 Å². The van der Waals surface area contributed by atoms with E-state index in [0.717, 1.165) is 17.1 Å². The molecule has 0 fully saturated rings. The summed E-state index contributed by atoms with van der Waals surface area (Å²) < 4.78 is 2.61. The first-order chi connectivity index (χ1) is 25.3. The molecule has 3 heterocycles. The molecule has 0 bridgehead atoms. The van der Waals surface area contributed by atoms with E-state index in [1.165, 1.54) is 82.4 Å². The van der Waals surface area contributed by atoms with Crippen LogP contribution in [-0.2, 0) is 10.8 Å². The van der Waals surface area contributed by atoms with Crippen LogP contribution >= 0.6 is 0 Å². The second-order valence-electron chi connectivity index (χ2n) is 15.9. The summed E-state index contributed by atoms with van der Waals surface area (Å²) in [6.07, 6.45) is 0. The molecule has 0 unspecified atom stereocenters. The molecule has 9 aromatic rings. The molecule has 0 radical (unpaired) electrons. The zero-order valence-electron chi connectivity index (χ0n) is 29.9. The molecular formula is C50H38N2. The van der Waals surface area contributed by atoms with Gasteiger partial charge in [-0.05, 0) is 103 Å². The van der Waals surface area contributed by atoms with Crippen molar-refractivity contribution in [1.29, 1.82) is 0 Å². The van der Waals surface area contributed by atoms with Crippen molar-refractivity contribution in [2.45, 2.75) is 38.5 Å². The van der Waals surface area contributed by atoms with Gasteiger partial charge >= 0.3 is 0 Å². The van der Waals surface area contributed by atoms with Gasteiger partial charge in [0, 0.05) is 38.7 Å². The zero-order valence-corrected chi connectivity index (χ0v) is 29.9. The maximum absolute atomic E-state index is 2.61. The molecule has 11 rings (SSSR count).